The van der Waals surface area contributed by atoms with Gasteiger partial charge in [0.05, 0.1) is 18.4 Å². The summed E-state index contributed by atoms with van der Waals surface area (Å²) in [6, 6.07) is 0. The van der Waals surface area contributed by atoms with Gasteiger partial charge >= 0.3 is 0 Å². The van der Waals surface area contributed by atoms with E-state index in [0.29, 0.717) is 24.2 Å². The fraction of sp³-hybridized carbons (Fsp3) is 0.267. The van der Waals surface area contributed by atoms with Crippen molar-refractivity contribution >= 4 is 23.0 Å². The van der Waals surface area contributed by atoms with Gasteiger partial charge in [0.1, 0.15) is 0 Å². The van der Waals surface area contributed by atoms with E-state index in [9.17, 15) is 9.90 Å². The van der Waals surface area contributed by atoms with E-state index in [0.717, 1.165) is 5.70 Å². The monoisotopic (exact) mass is 327 g/mol. The fourth-order valence-electron chi connectivity index (χ4n) is 2.55. The van der Waals surface area contributed by atoms with E-state index in [1.807, 2.05) is 13.0 Å². The maximum Gasteiger partial charge on any atom is 0.244 e. The molecule has 0 saturated carbocycles. The average Bonchev–Trinajstić information content (AvgIpc) is 2.52. The van der Waals surface area contributed by atoms with Crippen molar-refractivity contribution in [3.8, 4) is 5.88 Å². The molecule has 6 N–H and O–H groups in total. The molecule has 0 saturated heterocycles. The minimum absolute atomic E-state index is 0.0538. The fourth-order valence-corrected chi connectivity index (χ4v) is 2.55. The largest absolute Gasteiger partial charge is 0.492 e. The summed E-state index contributed by atoms with van der Waals surface area (Å²) in [7, 11) is 0. The second kappa shape index (κ2) is 6.11. The Bertz CT molecular complexity index is 875. The number of nitrogens with two attached hydrogens (primary N) is 2. The summed E-state index contributed by atoms with van der Waals surface area (Å²) >= 11 is 0. The molecule has 2 aromatic rings. The zero-order valence-corrected chi connectivity index (χ0v) is 13.0. The lowest BCUT2D eigenvalue weighted by Crippen LogP contribution is -2.24. The Labute approximate surface area is 137 Å². The Kier molecular flexibility index (Phi) is 3.98. The van der Waals surface area contributed by atoms with Gasteiger partial charge in [-0.2, -0.15) is 9.97 Å². The van der Waals surface area contributed by atoms with Crippen LogP contribution in [0.4, 0.5) is 5.95 Å². The molecule has 1 unspecified atom stereocenters. The number of hydrogen-bond acceptors (Lipinski definition) is 8. The van der Waals surface area contributed by atoms with Gasteiger partial charge in [-0.15, -0.1) is 0 Å². The molecular formula is C15H17N7O2. The van der Waals surface area contributed by atoms with E-state index in [-0.39, 0.29) is 28.9 Å². The highest BCUT2D eigenvalue weighted by Crippen LogP contribution is 2.23. The number of carbonyl (C=O) groups excluding carboxylic acids is 1. The van der Waals surface area contributed by atoms with E-state index in [2.05, 4.69) is 25.3 Å². The number of fused-ring (bicyclic) bond motifs is 1. The molecule has 0 fully saturated rings. The number of amides is 1. The molecule has 2 aromatic heterocycles. The number of allylic oxidation sites excluding steroid dienone is 3. The normalized spacial score (nSPS) is 17.3. The van der Waals surface area contributed by atoms with E-state index < -0.39 is 5.91 Å². The summed E-state index contributed by atoms with van der Waals surface area (Å²) in [4.78, 5) is 27.3. The first kappa shape index (κ1) is 15.7. The number of nitrogen functional groups attached to an aromatic ring is 1. The van der Waals surface area contributed by atoms with Crippen LogP contribution in [0, 0.1) is 5.92 Å². The smallest absolute Gasteiger partial charge is 0.244 e. The number of anilines is 1. The van der Waals surface area contributed by atoms with E-state index in [4.69, 9.17) is 11.5 Å². The first-order chi connectivity index (χ1) is 11.4. The Morgan fingerprint density at radius 3 is 2.88 bits per heavy atom. The number of aromatic hydroxyl groups is 1. The molecule has 1 amide bonds. The second-order valence-corrected chi connectivity index (χ2v) is 5.58. The Morgan fingerprint density at radius 2 is 2.17 bits per heavy atom. The van der Waals surface area contributed by atoms with E-state index in [1.165, 1.54) is 0 Å². The molecule has 0 aliphatic heterocycles. The summed E-state index contributed by atoms with van der Waals surface area (Å²) in [6.45, 7) is 2.35. The van der Waals surface area contributed by atoms with Crippen molar-refractivity contribution in [2.24, 2.45) is 11.7 Å². The van der Waals surface area contributed by atoms with Gasteiger partial charge in [-0.05, 0) is 18.4 Å². The SMILES string of the molecule is CC1CC(NCc2cnc3nc(N)nc(O)c3n2)=CC=C1C(N)=O. The highest BCUT2D eigenvalue weighted by molar-refractivity contribution is 5.93. The van der Waals surface area contributed by atoms with Crippen LogP contribution in [-0.2, 0) is 11.3 Å². The quantitative estimate of drug-likeness (QED) is 0.618. The predicted octanol–water partition coefficient (Wildman–Crippen LogP) is 0.133. The van der Waals surface area contributed by atoms with Crippen LogP contribution in [0.1, 0.15) is 19.0 Å². The molecule has 2 heterocycles. The van der Waals surface area contributed by atoms with Crippen molar-refractivity contribution in [3.05, 3.63) is 35.3 Å². The molecular weight excluding hydrogens is 310 g/mol. The number of nitrogens with zero attached hydrogens (tertiary/aromatic N) is 4. The first-order valence-electron chi connectivity index (χ1n) is 7.36. The molecule has 0 radical (unpaired) electrons. The third-order valence-corrected chi connectivity index (χ3v) is 3.76. The third-order valence-electron chi connectivity index (χ3n) is 3.76. The highest BCUT2D eigenvalue weighted by Gasteiger charge is 2.19. The maximum absolute atomic E-state index is 11.3. The molecule has 1 aliphatic carbocycles. The van der Waals surface area contributed by atoms with Crippen LogP contribution in [0.3, 0.4) is 0 Å². The molecule has 9 nitrogen and oxygen atoms in total. The van der Waals surface area contributed by atoms with Crippen molar-refractivity contribution in [1.29, 1.82) is 0 Å². The maximum atomic E-state index is 11.3. The van der Waals surface area contributed by atoms with Crippen molar-refractivity contribution in [2.75, 3.05) is 5.73 Å². The van der Waals surface area contributed by atoms with Gasteiger partial charge in [-0.25, -0.2) is 9.97 Å². The van der Waals surface area contributed by atoms with Crippen molar-refractivity contribution < 1.29 is 9.90 Å². The lowest BCUT2D eigenvalue weighted by Gasteiger charge is -2.20. The molecule has 9 heteroatoms. The number of primary amides is 1. The van der Waals surface area contributed by atoms with Crippen LogP contribution in [0.2, 0.25) is 0 Å². The summed E-state index contributed by atoms with van der Waals surface area (Å²) < 4.78 is 0. The second-order valence-electron chi connectivity index (χ2n) is 5.58. The Hall–Kier alpha value is -3.23. The molecule has 0 aromatic carbocycles. The number of aromatic nitrogens is 4. The first-order valence-corrected chi connectivity index (χ1v) is 7.36. The van der Waals surface area contributed by atoms with Crippen molar-refractivity contribution in [1.82, 2.24) is 25.3 Å². The topological polar surface area (TPSA) is 153 Å². The van der Waals surface area contributed by atoms with Crippen LogP contribution >= 0.6 is 0 Å². The lowest BCUT2D eigenvalue weighted by atomic mass is 9.91. The average molecular weight is 327 g/mol. The molecule has 0 spiro atoms. The summed E-state index contributed by atoms with van der Waals surface area (Å²) in [5.41, 5.74) is 13.4. The minimum atomic E-state index is -0.395. The van der Waals surface area contributed by atoms with Crippen molar-refractivity contribution in [3.63, 3.8) is 0 Å². The minimum Gasteiger partial charge on any atom is -0.492 e. The number of carbonyl (C=O) groups is 1. The lowest BCUT2D eigenvalue weighted by molar-refractivity contribution is -0.115. The summed E-state index contributed by atoms with van der Waals surface area (Å²) in [5.74, 6) is -0.698. The third kappa shape index (κ3) is 3.09. The molecule has 0 bridgehead atoms. The van der Waals surface area contributed by atoms with E-state index >= 15 is 0 Å². The Morgan fingerprint density at radius 1 is 1.38 bits per heavy atom. The van der Waals surface area contributed by atoms with Crippen LogP contribution in [0.25, 0.3) is 11.2 Å². The Balaban J connectivity index is 1.76. The number of nitrogens with one attached hydrogen (secondary N) is 1. The van der Waals surface area contributed by atoms with Gasteiger partial charge in [0.25, 0.3) is 0 Å². The molecule has 1 atom stereocenters. The predicted molar refractivity (Wildman–Crippen MR) is 87.2 cm³/mol. The summed E-state index contributed by atoms with van der Waals surface area (Å²) in [5, 5.41) is 13.0. The van der Waals surface area contributed by atoms with Gasteiger partial charge in [0.2, 0.25) is 17.7 Å². The number of rotatable bonds is 4. The van der Waals surface area contributed by atoms with Crippen LogP contribution in [0.15, 0.2) is 29.6 Å². The molecule has 124 valence electrons. The zero-order valence-electron chi connectivity index (χ0n) is 13.0. The van der Waals surface area contributed by atoms with Gasteiger partial charge in [-0.3, -0.25) is 4.79 Å². The van der Waals surface area contributed by atoms with Gasteiger partial charge < -0.3 is 21.9 Å². The number of hydrogen-bond donors (Lipinski definition) is 4. The molecule has 3 rings (SSSR count). The van der Waals surface area contributed by atoms with Crippen LogP contribution in [-0.4, -0.2) is 30.9 Å². The summed E-state index contributed by atoms with van der Waals surface area (Å²) in [6.07, 6.45) is 5.79. The van der Waals surface area contributed by atoms with Gasteiger partial charge in [0, 0.05) is 11.3 Å². The van der Waals surface area contributed by atoms with Gasteiger partial charge in [-0.1, -0.05) is 13.0 Å². The van der Waals surface area contributed by atoms with E-state index in [1.54, 1.807) is 12.3 Å². The zero-order chi connectivity index (χ0) is 17.3. The molecule has 1 aliphatic rings. The highest BCUT2D eigenvalue weighted by atomic mass is 16.3. The van der Waals surface area contributed by atoms with Gasteiger partial charge in [0.15, 0.2) is 11.2 Å². The van der Waals surface area contributed by atoms with Crippen LogP contribution in [0.5, 0.6) is 5.88 Å². The standard InChI is InChI=1S/C15H17N7O2/c1-7-4-8(2-3-10(7)12(16)23)18-5-9-6-19-13-11(20-9)14(24)22-15(17)21-13/h2-3,6-7,18H,4-5H2,1H3,(H2,16,23)(H3,17,19,21,22,24). The van der Waals surface area contributed by atoms with Crippen LogP contribution < -0.4 is 16.8 Å². The molecule has 24 heavy (non-hydrogen) atoms. The van der Waals surface area contributed by atoms with Crippen molar-refractivity contribution in [2.45, 2.75) is 19.9 Å².